The van der Waals surface area contributed by atoms with Gasteiger partial charge in [0.1, 0.15) is 16.8 Å². The number of aryl methyl sites for hydroxylation is 2. The molecular formula is C19H21N3O4. The summed E-state index contributed by atoms with van der Waals surface area (Å²) in [5.74, 6) is -0.701. The molecule has 3 aromatic rings. The van der Waals surface area contributed by atoms with Crippen molar-refractivity contribution in [3.8, 4) is 5.75 Å². The highest BCUT2D eigenvalue weighted by molar-refractivity contribution is 5.83. The highest BCUT2D eigenvalue weighted by Crippen LogP contribution is 2.35. The maximum atomic E-state index is 11.5. The summed E-state index contributed by atoms with van der Waals surface area (Å²) in [7, 11) is 3.34. The molecule has 0 bridgehead atoms. The Balaban J connectivity index is 2.17. The van der Waals surface area contributed by atoms with Crippen molar-refractivity contribution in [3.05, 3.63) is 52.6 Å². The molecule has 0 saturated carbocycles. The fraction of sp³-hybridized carbons (Fsp3) is 0.316. The molecule has 0 saturated heterocycles. The van der Waals surface area contributed by atoms with Crippen LogP contribution >= 0.6 is 0 Å². The molecule has 1 atom stereocenters. The predicted octanol–water partition coefficient (Wildman–Crippen LogP) is 2.38. The van der Waals surface area contributed by atoms with E-state index in [-0.39, 0.29) is 13.0 Å². The zero-order chi connectivity index (χ0) is 18.8. The number of aliphatic hydroxyl groups excluding tert-OH is 1. The number of aliphatic hydroxyl groups is 1. The maximum absolute atomic E-state index is 11.5. The number of carboxylic acids is 1. The standard InChI is InChI=1S/C19H21N3O4/c1-11-4-5-12(6-14(11)10-23)15(9-18(24)25)13-7-16-19(17(8-13)26-3)22(2)21-20-16/h4-8,15,23H,9-10H2,1-3H3,(H,24,25)/t15-/m0/s1. The first-order valence-corrected chi connectivity index (χ1v) is 8.24. The molecule has 0 spiro atoms. The van der Waals surface area contributed by atoms with Gasteiger partial charge in [-0.2, -0.15) is 0 Å². The first-order chi connectivity index (χ1) is 12.4. The molecule has 136 valence electrons. The average Bonchev–Trinajstić information content (AvgIpc) is 3.00. The van der Waals surface area contributed by atoms with Crippen LogP contribution in [0.4, 0.5) is 0 Å². The minimum Gasteiger partial charge on any atom is -0.494 e. The van der Waals surface area contributed by atoms with Gasteiger partial charge in [-0.1, -0.05) is 23.4 Å². The third kappa shape index (κ3) is 3.25. The SMILES string of the molecule is COc1cc([C@@H](CC(=O)O)c2ccc(C)c(CO)c2)cc2nnn(C)c12. The largest absolute Gasteiger partial charge is 0.494 e. The van der Waals surface area contributed by atoms with E-state index >= 15 is 0 Å². The molecule has 7 nitrogen and oxygen atoms in total. The highest BCUT2D eigenvalue weighted by Gasteiger charge is 2.22. The van der Waals surface area contributed by atoms with E-state index in [2.05, 4.69) is 10.3 Å². The lowest BCUT2D eigenvalue weighted by atomic mass is 9.86. The van der Waals surface area contributed by atoms with E-state index in [1.165, 1.54) is 0 Å². The van der Waals surface area contributed by atoms with Crippen LogP contribution in [0.3, 0.4) is 0 Å². The summed E-state index contributed by atoms with van der Waals surface area (Å²) in [5.41, 5.74) is 4.76. The monoisotopic (exact) mass is 355 g/mol. The predicted molar refractivity (Wildman–Crippen MR) is 96.3 cm³/mol. The van der Waals surface area contributed by atoms with Gasteiger partial charge in [0.15, 0.2) is 0 Å². The van der Waals surface area contributed by atoms with E-state index in [1.54, 1.807) is 18.8 Å². The Morgan fingerprint density at radius 3 is 2.69 bits per heavy atom. The van der Waals surface area contributed by atoms with E-state index in [4.69, 9.17) is 4.74 Å². The molecule has 2 N–H and O–H groups in total. The summed E-state index contributed by atoms with van der Waals surface area (Å²) in [5, 5.41) is 27.1. The van der Waals surface area contributed by atoms with Crippen molar-refractivity contribution in [1.29, 1.82) is 0 Å². The lowest BCUT2D eigenvalue weighted by molar-refractivity contribution is -0.137. The minimum atomic E-state index is -0.903. The smallest absolute Gasteiger partial charge is 0.304 e. The molecule has 0 amide bonds. The van der Waals surface area contributed by atoms with Crippen LogP contribution in [0, 0.1) is 6.92 Å². The van der Waals surface area contributed by atoms with Gasteiger partial charge < -0.3 is 14.9 Å². The van der Waals surface area contributed by atoms with E-state index in [9.17, 15) is 15.0 Å². The number of fused-ring (bicyclic) bond motifs is 1. The summed E-state index contributed by atoms with van der Waals surface area (Å²) >= 11 is 0. The van der Waals surface area contributed by atoms with Gasteiger partial charge in [-0.25, -0.2) is 4.68 Å². The van der Waals surface area contributed by atoms with Crippen molar-refractivity contribution >= 4 is 17.0 Å². The minimum absolute atomic E-state index is 0.0805. The molecule has 0 aliphatic heterocycles. The number of nitrogens with zero attached hydrogens (tertiary/aromatic N) is 3. The number of ether oxygens (including phenoxy) is 1. The number of hydrogen-bond acceptors (Lipinski definition) is 5. The average molecular weight is 355 g/mol. The third-order valence-corrected chi connectivity index (χ3v) is 4.63. The van der Waals surface area contributed by atoms with Crippen molar-refractivity contribution in [2.24, 2.45) is 7.05 Å². The third-order valence-electron chi connectivity index (χ3n) is 4.63. The molecule has 0 aliphatic carbocycles. The molecule has 2 aromatic carbocycles. The number of carbonyl (C=O) groups is 1. The van der Waals surface area contributed by atoms with E-state index in [0.717, 1.165) is 27.8 Å². The molecule has 0 radical (unpaired) electrons. The molecular weight excluding hydrogens is 334 g/mol. The second-order valence-electron chi connectivity index (χ2n) is 6.30. The van der Waals surface area contributed by atoms with E-state index in [0.29, 0.717) is 11.3 Å². The fourth-order valence-electron chi connectivity index (χ4n) is 3.21. The Labute approximate surface area is 150 Å². The van der Waals surface area contributed by atoms with Gasteiger partial charge in [0.05, 0.1) is 20.1 Å². The zero-order valence-corrected chi connectivity index (χ0v) is 14.9. The van der Waals surface area contributed by atoms with E-state index < -0.39 is 11.9 Å². The van der Waals surface area contributed by atoms with Crippen LogP contribution < -0.4 is 4.74 Å². The van der Waals surface area contributed by atoms with Gasteiger partial charge in [0, 0.05) is 13.0 Å². The van der Waals surface area contributed by atoms with Crippen LogP contribution in [-0.4, -0.2) is 38.3 Å². The lowest BCUT2D eigenvalue weighted by Gasteiger charge is -2.19. The summed E-state index contributed by atoms with van der Waals surface area (Å²) in [6.45, 7) is 1.82. The number of carboxylic acid groups (broad SMARTS) is 1. The molecule has 0 aliphatic rings. The second kappa shape index (κ2) is 7.13. The van der Waals surface area contributed by atoms with Crippen LogP contribution in [-0.2, 0) is 18.4 Å². The Morgan fingerprint density at radius 2 is 2.04 bits per heavy atom. The van der Waals surface area contributed by atoms with Crippen molar-refractivity contribution < 1.29 is 19.7 Å². The summed E-state index contributed by atoms with van der Waals surface area (Å²) in [6, 6.07) is 9.33. The Morgan fingerprint density at radius 1 is 1.27 bits per heavy atom. The zero-order valence-electron chi connectivity index (χ0n) is 14.9. The first-order valence-electron chi connectivity index (χ1n) is 8.24. The summed E-state index contributed by atoms with van der Waals surface area (Å²) in [4.78, 5) is 11.5. The van der Waals surface area contributed by atoms with Crippen molar-refractivity contribution in [3.63, 3.8) is 0 Å². The molecule has 1 aromatic heterocycles. The Kier molecular flexibility index (Phi) is 4.90. The topological polar surface area (TPSA) is 97.5 Å². The molecule has 3 rings (SSSR count). The molecule has 0 unspecified atom stereocenters. The highest BCUT2D eigenvalue weighted by atomic mass is 16.5. The molecule has 26 heavy (non-hydrogen) atoms. The summed E-state index contributed by atoms with van der Waals surface area (Å²) < 4.78 is 7.10. The number of benzene rings is 2. The van der Waals surface area contributed by atoms with Gasteiger partial charge in [0.2, 0.25) is 0 Å². The van der Waals surface area contributed by atoms with Gasteiger partial charge in [-0.15, -0.1) is 5.10 Å². The van der Waals surface area contributed by atoms with E-state index in [1.807, 2.05) is 37.3 Å². The van der Waals surface area contributed by atoms with Crippen LogP contribution in [0.15, 0.2) is 30.3 Å². The Hall–Kier alpha value is -2.93. The number of rotatable bonds is 6. The molecule has 1 heterocycles. The second-order valence-corrected chi connectivity index (χ2v) is 6.30. The van der Waals surface area contributed by atoms with Crippen molar-refractivity contribution in [1.82, 2.24) is 15.0 Å². The van der Waals surface area contributed by atoms with Crippen LogP contribution in [0.5, 0.6) is 5.75 Å². The molecule has 7 heteroatoms. The van der Waals surface area contributed by atoms with Crippen molar-refractivity contribution in [2.45, 2.75) is 25.9 Å². The quantitative estimate of drug-likeness (QED) is 0.705. The van der Waals surface area contributed by atoms with Crippen LogP contribution in [0.2, 0.25) is 0 Å². The maximum Gasteiger partial charge on any atom is 0.304 e. The van der Waals surface area contributed by atoms with Crippen LogP contribution in [0.1, 0.15) is 34.6 Å². The normalized spacial score (nSPS) is 12.3. The van der Waals surface area contributed by atoms with Gasteiger partial charge >= 0.3 is 5.97 Å². The fourth-order valence-corrected chi connectivity index (χ4v) is 3.21. The van der Waals surface area contributed by atoms with Gasteiger partial charge in [-0.05, 0) is 41.3 Å². The van der Waals surface area contributed by atoms with Gasteiger partial charge in [-0.3, -0.25) is 4.79 Å². The molecule has 0 fully saturated rings. The summed E-state index contributed by atoms with van der Waals surface area (Å²) in [6.07, 6.45) is -0.0805. The number of hydrogen-bond donors (Lipinski definition) is 2. The number of methoxy groups -OCH3 is 1. The van der Waals surface area contributed by atoms with Crippen molar-refractivity contribution in [2.75, 3.05) is 7.11 Å². The van der Waals surface area contributed by atoms with Gasteiger partial charge in [0.25, 0.3) is 0 Å². The number of aromatic nitrogens is 3. The number of aliphatic carboxylic acids is 1. The first kappa shape index (κ1) is 17.9. The van der Waals surface area contributed by atoms with Crippen LogP contribution in [0.25, 0.3) is 11.0 Å². The Bertz CT molecular complexity index is 965. The lowest BCUT2D eigenvalue weighted by Crippen LogP contribution is -2.09.